The van der Waals surface area contributed by atoms with Gasteiger partial charge in [-0.2, -0.15) is 0 Å². The maximum absolute atomic E-state index is 13.8. The first-order chi connectivity index (χ1) is 38.8. The molecule has 3 aliphatic heterocycles. The SMILES string of the molecule is CC1(C)OC[C@@H](COC(=O)CCc2ccc(OC[C@@H](O)CN(CCNC(=O)N3CCOCC3)C(=O)CCc3ccc(OC[C@@H](O)CN(CCNC(=O)N4CCOCC4)C(=O)OCC4c5ccccc5-c5ccccc54)cc3)cc2)O1. The largest absolute Gasteiger partial charge is 0.491 e. The van der Waals surface area contributed by atoms with Crippen molar-refractivity contribution in [1.82, 2.24) is 30.2 Å². The predicted molar refractivity (Wildman–Crippen MR) is 293 cm³/mol. The molecule has 8 rings (SSSR count). The normalized spacial score (nSPS) is 17.3. The van der Waals surface area contributed by atoms with E-state index in [1.165, 1.54) is 9.80 Å². The lowest BCUT2D eigenvalue weighted by molar-refractivity contribution is -0.158. The van der Waals surface area contributed by atoms with Gasteiger partial charge < -0.3 is 78.3 Å². The number of rotatable bonds is 26. The molecule has 1 aliphatic carbocycles. The molecule has 0 bridgehead atoms. The van der Waals surface area contributed by atoms with Crippen molar-refractivity contribution in [2.24, 2.45) is 0 Å². The van der Waals surface area contributed by atoms with Gasteiger partial charge in [0.2, 0.25) is 5.91 Å². The van der Waals surface area contributed by atoms with E-state index in [1.54, 1.807) is 34.1 Å². The van der Waals surface area contributed by atoms with Crippen molar-refractivity contribution in [1.29, 1.82) is 0 Å². The minimum absolute atomic E-state index is 0.0428. The molecular weight excluding hydrogens is 1030 g/mol. The summed E-state index contributed by atoms with van der Waals surface area (Å²) in [5.41, 5.74) is 6.09. The zero-order chi connectivity index (χ0) is 56.3. The number of benzene rings is 4. The van der Waals surface area contributed by atoms with Crippen molar-refractivity contribution in [3.05, 3.63) is 119 Å². The lowest BCUT2D eigenvalue weighted by atomic mass is 9.98. The lowest BCUT2D eigenvalue weighted by Crippen LogP contribution is -2.49. The van der Waals surface area contributed by atoms with E-state index in [2.05, 4.69) is 22.8 Å². The van der Waals surface area contributed by atoms with Gasteiger partial charge in [-0.3, -0.25) is 9.59 Å². The maximum atomic E-state index is 13.8. The molecule has 0 unspecified atom stereocenters. The molecule has 6 amide bonds. The Morgan fingerprint density at radius 1 is 0.637 bits per heavy atom. The zero-order valence-corrected chi connectivity index (χ0v) is 45.8. The Morgan fingerprint density at radius 3 is 1.64 bits per heavy atom. The number of nitrogens with one attached hydrogen (secondary N) is 2. The molecule has 3 saturated heterocycles. The molecule has 21 nitrogen and oxygen atoms in total. The number of hydrogen-bond donors (Lipinski definition) is 4. The summed E-state index contributed by atoms with van der Waals surface area (Å²) in [5.74, 6) is -0.452. The van der Waals surface area contributed by atoms with Crippen LogP contribution >= 0.6 is 0 Å². The molecule has 0 radical (unpaired) electrons. The van der Waals surface area contributed by atoms with Crippen LogP contribution in [0.1, 0.15) is 54.9 Å². The second-order valence-corrected chi connectivity index (χ2v) is 20.6. The molecule has 4 aromatic rings. The van der Waals surface area contributed by atoms with Gasteiger partial charge in [0.25, 0.3) is 0 Å². The monoisotopic (exact) mass is 1110 g/mol. The minimum Gasteiger partial charge on any atom is -0.491 e. The molecular formula is C59H76N6O15. The molecule has 0 saturated carbocycles. The van der Waals surface area contributed by atoms with Crippen LogP contribution in [0.15, 0.2) is 97.1 Å². The smallest absolute Gasteiger partial charge is 0.409 e. The third-order valence-electron chi connectivity index (χ3n) is 14.2. The average molecular weight is 1110 g/mol. The number of ether oxygens (including phenoxy) is 8. The number of carbonyl (C=O) groups is 5. The van der Waals surface area contributed by atoms with Gasteiger partial charge in [0, 0.05) is 77.7 Å². The number of aliphatic hydroxyl groups is 2. The molecule has 4 N–H and O–H groups in total. The van der Waals surface area contributed by atoms with Crippen LogP contribution in [-0.2, 0) is 50.9 Å². The van der Waals surface area contributed by atoms with Gasteiger partial charge in [-0.1, -0.05) is 72.8 Å². The van der Waals surface area contributed by atoms with E-state index in [0.717, 1.165) is 33.4 Å². The van der Waals surface area contributed by atoms with Crippen LogP contribution in [0.5, 0.6) is 11.5 Å². The Hall–Kier alpha value is -7.01. The Balaban J connectivity index is 0.798. The minimum atomic E-state index is -1.12. The third kappa shape index (κ3) is 17.7. The standard InChI is InChI=1S/C59H76N6O15/c1-59(2)79-40-48(80-59)39-77-55(69)22-16-43-13-19-47(20-14-43)75-37-44(66)35-64(25-23-60-56(70)62-27-31-73-32-28-62)54(68)21-15-42-11-17-46(18-12-42)76-38-45(67)36-65(26-24-61-57(71)63-29-33-74-34-30-63)58(72)78-41-53-51-9-5-3-7-49(51)50-8-4-6-10-52(50)53/h3-14,17-20,44-45,48,53,66-67H,15-16,21-41H2,1-2H3,(H,60,70)(H,61,71)/t44-,45-,48+/m0/s1. The fourth-order valence-electron chi connectivity index (χ4n) is 9.88. The van der Waals surface area contributed by atoms with Crippen LogP contribution in [0.25, 0.3) is 11.1 Å². The summed E-state index contributed by atoms with van der Waals surface area (Å²) in [5, 5.41) is 28.1. The fraction of sp³-hybridized carbons (Fsp3) is 0.508. The summed E-state index contributed by atoms with van der Waals surface area (Å²) < 4.78 is 45.1. The first-order valence-corrected chi connectivity index (χ1v) is 27.6. The molecule has 21 heteroatoms. The van der Waals surface area contributed by atoms with Crippen LogP contribution in [-0.4, -0.2) is 209 Å². The molecule has 3 heterocycles. The van der Waals surface area contributed by atoms with Crippen molar-refractivity contribution in [3.8, 4) is 22.6 Å². The highest BCUT2D eigenvalue weighted by Gasteiger charge is 2.34. The van der Waals surface area contributed by atoms with Crippen molar-refractivity contribution in [3.63, 3.8) is 0 Å². The highest BCUT2D eigenvalue weighted by molar-refractivity contribution is 5.79. The number of hydrogen-bond acceptors (Lipinski definition) is 15. The molecule has 4 aliphatic rings. The number of aryl methyl sites for hydroxylation is 2. The molecule has 80 heavy (non-hydrogen) atoms. The van der Waals surface area contributed by atoms with Gasteiger partial charge in [0.05, 0.1) is 39.6 Å². The van der Waals surface area contributed by atoms with Crippen molar-refractivity contribution >= 4 is 30.0 Å². The molecule has 3 fully saturated rings. The first-order valence-electron chi connectivity index (χ1n) is 27.6. The number of aliphatic hydroxyl groups excluding tert-OH is 2. The number of nitrogens with zero attached hydrogens (tertiary/aromatic N) is 4. The van der Waals surface area contributed by atoms with E-state index in [-0.39, 0.29) is 114 Å². The maximum Gasteiger partial charge on any atom is 0.409 e. The summed E-state index contributed by atoms with van der Waals surface area (Å²) in [7, 11) is 0. The van der Waals surface area contributed by atoms with Crippen LogP contribution in [0.3, 0.4) is 0 Å². The Labute approximate surface area is 467 Å². The Bertz CT molecular complexity index is 2600. The zero-order valence-electron chi connectivity index (χ0n) is 45.8. The molecule has 0 aromatic heterocycles. The molecule has 432 valence electrons. The van der Waals surface area contributed by atoms with Gasteiger partial charge in [-0.25, -0.2) is 14.4 Å². The number of morpholine rings is 2. The first kappa shape index (κ1) is 59.1. The van der Waals surface area contributed by atoms with E-state index < -0.39 is 24.1 Å². The van der Waals surface area contributed by atoms with E-state index >= 15 is 0 Å². The van der Waals surface area contributed by atoms with Crippen LogP contribution < -0.4 is 20.1 Å². The number of esters is 1. The highest BCUT2D eigenvalue weighted by Crippen LogP contribution is 2.44. The van der Waals surface area contributed by atoms with Crippen LogP contribution in [0.4, 0.5) is 14.4 Å². The van der Waals surface area contributed by atoms with Crippen LogP contribution in [0, 0.1) is 0 Å². The summed E-state index contributed by atoms with van der Waals surface area (Å²) in [6.45, 7) is 7.99. The van der Waals surface area contributed by atoms with Gasteiger partial charge in [0.1, 0.15) is 56.2 Å². The Kier molecular flexibility index (Phi) is 21.8. The second kappa shape index (κ2) is 29.5. The number of fused-ring (bicyclic) bond motifs is 3. The van der Waals surface area contributed by atoms with E-state index in [4.69, 9.17) is 37.9 Å². The summed E-state index contributed by atoms with van der Waals surface area (Å²) in [4.78, 5) is 71.9. The van der Waals surface area contributed by atoms with Crippen molar-refractivity contribution < 1.29 is 72.1 Å². The number of carbonyl (C=O) groups excluding carboxylic acids is 5. The van der Waals surface area contributed by atoms with Crippen molar-refractivity contribution in [2.45, 2.75) is 69.5 Å². The lowest BCUT2D eigenvalue weighted by Gasteiger charge is -2.29. The van der Waals surface area contributed by atoms with E-state index in [9.17, 15) is 34.2 Å². The Morgan fingerprint density at radius 2 is 1.12 bits per heavy atom. The van der Waals surface area contributed by atoms with Gasteiger partial charge in [-0.15, -0.1) is 0 Å². The van der Waals surface area contributed by atoms with Crippen LogP contribution in [0.2, 0.25) is 0 Å². The predicted octanol–water partition coefficient (Wildman–Crippen LogP) is 4.59. The van der Waals surface area contributed by atoms with Gasteiger partial charge in [-0.05, 0) is 84.3 Å². The van der Waals surface area contributed by atoms with E-state index in [1.807, 2.05) is 74.5 Å². The summed E-state index contributed by atoms with van der Waals surface area (Å²) in [6.07, 6.45) is -1.96. The van der Waals surface area contributed by atoms with Gasteiger partial charge >= 0.3 is 24.1 Å². The molecule has 0 spiro atoms. The third-order valence-corrected chi connectivity index (χ3v) is 14.2. The summed E-state index contributed by atoms with van der Waals surface area (Å²) in [6, 6.07) is 29.9. The fourth-order valence-corrected chi connectivity index (χ4v) is 9.88. The summed E-state index contributed by atoms with van der Waals surface area (Å²) >= 11 is 0. The highest BCUT2D eigenvalue weighted by atomic mass is 16.7. The topological polar surface area (TPSA) is 237 Å². The van der Waals surface area contributed by atoms with Gasteiger partial charge in [0.15, 0.2) is 5.79 Å². The van der Waals surface area contributed by atoms with E-state index in [0.29, 0.717) is 83.6 Å². The second-order valence-electron chi connectivity index (χ2n) is 20.6. The van der Waals surface area contributed by atoms with Crippen molar-refractivity contribution in [2.75, 3.05) is 125 Å². The molecule has 4 aromatic carbocycles. The average Bonchev–Trinajstić information content (AvgIpc) is 4.07. The number of urea groups is 2. The number of amides is 6. The molecule has 3 atom stereocenters. The quantitative estimate of drug-likeness (QED) is 0.0630.